The van der Waals surface area contributed by atoms with Gasteiger partial charge in [0.25, 0.3) is 15.9 Å². The summed E-state index contributed by atoms with van der Waals surface area (Å²) in [6.45, 7) is 0. The van der Waals surface area contributed by atoms with E-state index in [2.05, 4.69) is 35.6 Å². The molecule has 10 heteroatoms. The Morgan fingerprint density at radius 3 is 2.91 bits per heavy atom. The maximum absolute atomic E-state index is 12.6. The van der Waals surface area contributed by atoms with Crippen molar-refractivity contribution in [3.8, 4) is 5.88 Å². The number of benzene rings is 1. The van der Waals surface area contributed by atoms with Gasteiger partial charge < -0.3 is 9.72 Å². The predicted octanol–water partition coefficient (Wildman–Crippen LogP) is 3.18. The van der Waals surface area contributed by atoms with Gasteiger partial charge in [0, 0.05) is 22.1 Å². The van der Waals surface area contributed by atoms with E-state index in [1.165, 1.54) is 19.5 Å². The Morgan fingerprint density at radius 2 is 2.17 bits per heavy atom. The van der Waals surface area contributed by atoms with Gasteiger partial charge in [-0.25, -0.2) is 18.4 Å². The molecule has 0 fully saturated rings. The van der Waals surface area contributed by atoms with Crippen LogP contribution < -0.4 is 9.46 Å². The summed E-state index contributed by atoms with van der Waals surface area (Å²) < 4.78 is 33.1. The van der Waals surface area contributed by atoms with E-state index in [1.54, 1.807) is 18.2 Å². The van der Waals surface area contributed by atoms with Gasteiger partial charge in [0.1, 0.15) is 9.50 Å². The number of hydrogen-bond donors (Lipinski definition) is 2. The van der Waals surface area contributed by atoms with E-state index in [0.717, 1.165) is 0 Å². The molecule has 0 aliphatic heterocycles. The van der Waals surface area contributed by atoms with Crippen LogP contribution in [0.4, 0.5) is 5.82 Å². The van der Waals surface area contributed by atoms with Gasteiger partial charge in [-0.3, -0.25) is 4.72 Å². The number of aromatic amines is 1. The smallest absolute Gasteiger partial charge is 0.265 e. The summed E-state index contributed by atoms with van der Waals surface area (Å²) in [4.78, 5) is 11.0. The van der Waals surface area contributed by atoms with Crippen LogP contribution in [0.5, 0.6) is 5.88 Å². The summed E-state index contributed by atoms with van der Waals surface area (Å²) in [7, 11) is -2.50. The van der Waals surface area contributed by atoms with Crippen molar-refractivity contribution in [3.63, 3.8) is 0 Å². The Morgan fingerprint density at radius 1 is 1.39 bits per heavy atom. The summed E-state index contributed by atoms with van der Waals surface area (Å²) >= 11 is 9.05. The fraction of sp³-hybridized carbons (Fsp3) is 0.0769. The molecule has 0 bridgehead atoms. The van der Waals surface area contributed by atoms with Crippen LogP contribution in [0.15, 0.2) is 40.1 Å². The van der Waals surface area contributed by atoms with Gasteiger partial charge in [0.15, 0.2) is 0 Å². The fourth-order valence-corrected chi connectivity index (χ4v) is 3.66. The second-order valence-corrected chi connectivity index (χ2v) is 7.40. The highest BCUT2D eigenvalue weighted by Crippen LogP contribution is 2.28. The number of sulfonamides is 1. The number of nitrogens with one attached hydrogen (secondary N) is 2. The van der Waals surface area contributed by atoms with Gasteiger partial charge in [-0.2, -0.15) is 0 Å². The van der Waals surface area contributed by atoms with E-state index < -0.39 is 10.0 Å². The van der Waals surface area contributed by atoms with Crippen molar-refractivity contribution in [2.75, 3.05) is 11.8 Å². The lowest BCUT2D eigenvalue weighted by atomic mass is 10.2. The Kier molecular flexibility index (Phi) is 4.17. The third-order valence-corrected chi connectivity index (χ3v) is 5.03. The monoisotopic (exact) mass is 416 g/mol. The van der Waals surface area contributed by atoms with Gasteiger partial charge in [-0.15, -0.1) is 0 Å². The highest BCUT2D eigenvalue weighted by atomic mass is 79.9. The minimum atomic E-state index is -3.88. The fourth-order valence-electron chi connectivity index (χ4n) is 2.04. The van der Waals surface area contributed by atoms with E-state index in [0.29, 0.717) is 20.5 Å². The Labute approximate surface area is 145 Å². The lowest BCUT2D eigenvalue weighted by molar-refractivity contribution is 0.397. The molecule has 0 radical (unpaired) electrons. The van der Waals surface area contributed by atoms with Crippen molar-refractivity contribution < 1.29 is 13.2 Å². The minimum Gasteiger partial charge on any atom is -0.478 e. The predicted molar refractivity (Wildman–Crippen MR) is 90.4 cm³/mol. The Bertz CT molecular complexity index is 990. The molecule has 2 aromatic heterocycles. The van der Waals surface area contributed by atoms with Crippen LogP contribution in [0.3, 0.4) is 0 Å². The molecule has 7 nitrogen and oxygen atoms in total. The van der Waals surface area contributed by atoms with Crippen molar-refractivity contribution in [1.82, 2.24) is 15.0 Å². The van der Waals surface area contributed by atoms with E-state index in [-0.39, 0.29) is 16.6 Å². The Balaban J connectivity index is 2.04. The molecule has 23 heavy (non-hydrogen) atoms. The number of methoxy groups -OCH3 is 1. The van der Waals surface area contributed by atoms with E-state index in [4.69, 9.17) is 16.3 Å². The number of nitrogens with zero attached hydrogens (tertiary/aromatic N) is 2. The number of aromatic nitrogens is 3. The van der Waals surface area contributed by atoms with Crippen molar-refractivity contribution >= 4 is 54.3 Å². The minimum absolute atomic E-state index is 0.000913. The van der Waals surface area contributed by atoms with Gasteiger partial charge in [-0.1, -0.05) is 11.6 Å². The number of H-pyrrole nitrogens is 1. The highest BCUT2D eigenvalue weighted by molar-refractivity contribution is 9.10. The molecule has 0 aliphatic rings. The van der Waals surface area contributed by atoms with Gasteiger partial charge in [-0.05, 0) is 34.1 Å². The van der Waals surface area contributed by atoms with Crippen LogP contribution >= 0.6 is 27.5 Å². The third kappa shape index (κ3) is 3.12. The first-order valence-electron chi connectivity index (χ1n) is 6.26. The van der Waals surface area contributed by atoms with Crippen molar-refractivity contribution in [2.45, 2.75) is 4.90 Å². The van der Waals surface area contributed by atoms with Crippen molar-refractivity contribution in [2.24, 2.45) is 0 Å². The first kappa shape index (κ1) is 16.0. The molecule has 3 rings (SSSR count). The lowest BCUT2D eigenvalue weighted by Crippen LogP contribution is -2.15. The topological polar surface area (TPSA) is 97.0 Å². The maximum Gasteiger partial charge on any atom is 0.265 e. The number of fused-ring (bicyclic) bond motifs is 1. The first-order valence-corrected chi connectivity index (χ1v) is 8.92. The number of rotatable bonds is 4. The number of ether oxygens (including phenoxy) is 1. The second kappa shape index (κ2) is 5.99. The summed E-state index contributed by atoms with van der Waals surface area (Å²) in [5, 5.41) is 1.03. The molecular weight excluding hydrogens is 408 g/mol. The molecule has 1 aromatic carbocycles. The van der Waals surface area contributed by atoms with Crippen LogP contribution in [-0.2, 0) is 10.0 Å². The molecular formula is C13H10BrClN4O3S. The molecule has 0 aliphatic carbocycles. The quantitative estimate of drug-likeness (QED) is 0.679. The van der Waals surface area contributed by atoms with Crippen molar-refractivity contribution in [3.05, 3.63) is 40.2 Å². The Hall–Kier alpha value is -1.84. The molecule has 0 unspecified atom stereocenters. The molecule has 0 saturated heterocycles. The van der Waals surface area contributed by atoms with Crippen LogP contribution in [-0.4, -0.2) is 30.5 Å². The molecule has 0 spiro atoms. The van der Waals surface area contributed by atoms with Crippen LogP contribution in [0.25, 0.3) is 10.9 Å². The second-order valence-electron chi connectivity index (χ2n) is 4.50. The average Bonchev–Trinajstić information content (AvgIpc) is 2.92. The molecule has 2 heterocycles. The summed E-state index contributed by atoms with van der Waals surface area (Å²) in [5.74, 6) is 0.0600. The number of hydrogen-bond acceptors (Lipinski definition) is 5. The summed E-state index contributed by atoms with van der Waals surface area (Å²) in [6, 6.07) is 4.90. The van der Waals surface area contributed by atoms with Crippen LogP contribution in [0, 0.1) is 0 Å². The molecule has 0 atom stereocenters. The first-order chi connectivity index (χ1) is 10.9. The molecule has 120 valence electrons. The molecule has 0 saturated carbocycles. The lowest BCUT2D eigenvalue weighted by Gasteiger charge is -2.09. The summed E-state index contributed by atoms with van der Waals surface area (Å²) in [6.07, 6.45) is 2.76. The van der Waals surface area contributed by atoms with Gasteiger partial charge in [0.05, 0.1) is 13.3 Å². The van der Waals surface area contributed by atoms with Gasteiger partial charge >= 0.3 is 0 Å². The van der Waals surface area contributed by atoms with Gasteiger partial charge in [0.2, 0.25) is 5.82 Å². The molecule has 2 N–H and O–H groups in total. The third-order valence-electron chi connectivity index (χ3n) is 3.03. The summed E-state index contributed by atoms with van der Waals surface area (Å²) in [5.41, 5.74) is 0.617. The molecule has 0 amide bonds. The SMILES string of the molecule is COc1nc(Br)cnc1NS(=O)(=O)c1c[nH]c2cc(Cl)ccc12. The maximum atomic E-state index is 12.6. The zero-order valence-corrected chi connectivity index (χ0v) is 14.8. The van der Waals surface area contributed by atoms with E-state index in [9.17, 15) is 8.42 Å². The van der Waals surface area contributed by atoms with Crippen molar-refractivity contribution in [1.29, 1.82) is 0 Å². The highest BCUT2D eigenvalue weighted by Gasteiger charge is 2.22. The van der Waals surface area contributed by atoms with Crippen LogP contribution in [0.1, 0.15) is 0 Å². The van der Waals surface area contributed by atoms with E-state index in [1.807, 2.05) is 0 Å². The number of anilines is 1. The standard InChI is InChI=1S/C13H10BrClN4O3S/c1-22-13-12(17-6-11(14)18-13)19-23(20,21)10-5-16-9-4-7(15)2-3-8(9)10/h2-6,16H,1H3,(H,17,19). The normalized spacial score (nSPS) is 11.6. The average molecular weight is 418 g/mol. The van der Waals surface area contributed by atoms with E-state index >= 15 is 0 Å². The zero-order valence-electron chi connectivity index (χ0n) is 11.7. The largest absolute Gasteiger partial charge is 0.478 e. The van der Waals surface area contributed by atoms with Crippen LogP contribution in [0.2, 0.25) is 5.02 Å². The molecule has 3 aromatic rings. The number of halogens is 2. The zero-order chi connectivity index (χ0) is 16.6.